The number of aromatic hydroxyl groups is 2. The first-order valence-electron chi connectivity index (χ1n) is 7.18. The molecule has 2 aromatic carbocycles. The SMILES string of the molecule is CC(=O)NOC1(O)C(c2ccc(Br)cc2)=COc2cc(O)cc(O)c21. The molecule has 1 heterocycles. The number of hydrogen-bond acceptors (Lipinski definition) is 6. The lowest BCUT2D eigenvalue weighted by Crippen LogP contribution is -2.40. The van der Waals surface area contributed by atoms with Crippen molar-refractivity contribution in [2.24, 2.45) is 0 Å². The molecule has 0 saturated heterocycles. The molecule has 0 spiro atoms. The summed E-state index contributed by atoms with van der Waals surface area (Å²) in [6.45, 7) is 1.21. The van der Waals surface area contributed by atoms with Crippen LogP contribution in [0, 0.1) is 0 Å². The standard InChI is InChI=1S/C17H14BrNO6/c1-9(20)19-25-17(23)13(10-2-4-11(18)5-3-10)8-24-15-7-12(21)6-14(22)16(15)17/h2-8,21-23H,1H3,(H,19,20). The summed E-state index contributed by atoms with van der Waals surface area (Å²) in [5.41, 5.74) is 2.63. The van der Waals surface area contributed by atoms with E-state index < -0.39 is 17.4 Å². The highest BCUT2D eigenvalue weighted by atomic mass is 79.9. The Kier molecular flexibility index (Phi) is 4.42. The predicted molar refractivity (Wildman–Crippen MR) is 91.3 cm³/mol. The Labute approximate surface area is 151 Å². The molecule has 1 atom stereocenters. The number of ether oxygens (including phenoxy) is 1. The van der Waals surface area contributed by atoms with E-state index in [1.54, 1.807) is 24.3 Å². The maximum atomic E-state index is 11.3. The van der Waals surface area contributed by atoms with Crippen molar-refractivity contribution < 1.29 is 29.7 Å². The highest BCUT2D eigenvalue weighted by molar-refractivity contribution is 9.10. The van der Waals surface area contributed by atoms with Crippen molar-refractivity contribution in [1.82, 2.24) is 5.48 Å². The molecule has 1 amide bonds. The molecule has 2 aromatic rings. The Morgan fingerprint density at radius 3 is 2.56 bits per heavy atom. The van der Waals surface area contributed by atoms with Crippen molar-refractivity contribution in [3.05, 3.63) is 58.3 Å². The summed E-state index contributed by atoms with van der Waals surface area (Å²) in [5.74, 6) is -3.49. The largest absolute Gasteiger partial charge is 0.508 e. The van der Waals surface area contributed by atoms with Gasteiger partial charge >= 0.3 is 0 Å². The van der Waals surface area contributed by atoms with E-state index in [0.717, 1.165) is 10.5 Å². The number of halogens is 1. The molecule has 0 aliphatic carbocycles. The summed E-state index contributed by atoms with van der Waals surface area (Å²) < 4.78 is 6.27. The number of nitrogens with one attached hydrogen (secondary N) is 1. The van der Waals surface area contributed by atoms with Gasteiger partial charge in [-0.25, -0.2) is 10.3 Å². The third-order valence-corrected chi connectivity index (χ3v) is 4.10. The molecule has 7 nitrogen and oxygen atoms in total. The topological polar surface area (TPSA) is 108 Å². The second kappa shape index (κ2) is 6.40. The van der Waals surface area contributed by atoms with Crippen LogP contribution in [0.1, 0.15) is 18.1 Å². The van der Waals surface area contributed by atoms with Crippen molar-refractivity contribution in [2.45, 2.75) is 12.7 Å². The Bertz CT molecular complexity index is 864. The van der Waals surface area contributed by atoms with Crippen LogP contribution in [-0.2, 0) is 15.4 Å². The van der Waals surface area contributed by atoms with Crippen molar-refractivity contribution in [3.63, 3.8) is 0 Å². The minimum absolute atomic E-state index is 0.00814. The summed E-state index contributed by atoms with van der Waals surface area (Å²) in [4.78, 5) is 16.5. The van der Waals surface area contributed by atoms with Gasteiger partial charge in [0, 0.05) is 23.5 Å². The van der Waals surface area contributed by atoms with Gasteiger partial charge in [-0.05, 0) is 17.7 Å². The van der Waals surface area contributed by atoms with Gasteiger partial charge in [0.1, 0.15) is 29.1 Å². The van der Waals surface area contributed by atoms with Crippen LogP contribution in [0.2, 0.25) is 0 Å². The maximum absolute atomic E-state index is 11.3. The van der Waals surface area contributed by atoms with Crippen molar-refractivity contribution >= 4 is 27.4 Å². The molecular formula is C17H14BrNO6. The Morgan fingerprint density at radius 1 is 1.24 bits per heavy atom. The predicted octanol–water partition coefficient (Wildman–Crippen LogP) is 2.51. The summed E-state index contributed by atoms with van der Waals surface area (Å²) in [7, 11) is 0. The Balaban J connectivity index is 2.16. The summed E-state index contributed by atoms with van der Waals surface area (Å²) in [6.07, 6.45) is 1.23. The van der Waals surface area contributed by atoms with Gasteiger partial charge in [0.2, 0.25) is 5.91 Å². The van der Waals surface area contributed by atoms with Crippen LogP contribution in [0.4, 0.5) is 0 Å². The molecule has 3 rings (SSSR count). The van der Waals surface area contributed by atoms with E-state index >= 15 is 0 Å². The quantitative estimate of drug-likeness (QED) is 0.459. The van der Waals surface area contributed by atoms with E-state index in [-0.39, 0.29) is 22.6 Å². The monoisotopic (exact) mass is 407 g/mol. The number of phenols is 2. The van der Waals surface area contributed by atoms with Crippen LogP contribution in [0.3, 0.4) is 0 Å². The number of hydroxylamine groups is 1. The van der Waals surface area contributed by atoms with Gasteiger partial charge in [-0.1, -0.05) is 28.1 Å². The summed E-state index contributed by atoms with van der Waals surface area (Å²) in [5, 5.41) is 31.0. The second-order valence-corrected chi connectivity index (χ2v) is 6.31. The minimum Gasteiger partial charge on any atom is -0.508 e. The van der Waals surface area contributed by atoms with Crippen LogP contribution >= 0.6 is 15.9 Å². The third-order valence-electron chi connectivity index (χ3n) is 3.57. The Hall–Kier alpha value is -2.55. The minimum atomic E-state index is -2.23. The molecule has 1 aliphatic heterocycles. The van der Waals surface area contributed by atoms with Crippen molar-refractivity contribution in [2.75, 3.05) is 0 Å². The molecule has 0 fully saturated rings. The average molecular weight is 408 g/mol. The first kappa shape index (κ1) is 17.3. The van der Waals surface area contributed by atoms with Crippen LogP contribution in [0.25, 0.3) is 5.57 Å². The van der Waals surface area contributed by atoms with E-state index in [9.17, 15) is 20.1 Å². The number of amides is 1. The van der Waals surface area contributed by atoms with Gasteiger partial charge in [0.05, 0.1) is 5.57 Å². The Morgan fingerprint density at radius 2 is 1.92 bits per heavy atom. The lowest BCUT2D eigenvalue weighted by Gasteiger charge is -2.34. The maximum Gasteiger partial charge on any atom is 0.254 e. The number of hydrogen-bond donors (Lipinski definition) is 4. The lowest BCUT2D eigenvalue weighted by atomic mass is 9.90. The van der Waals surface area contributed by atoms with Crippen molar-refractivity contribution in [1.29, 1.82) is 0 Å². The van der Waals surface area contributed by atoms with Gasteiger partial charge in [-0.2, -0.15) is 0 Å². The number of phenolic OH excluding ortho intramolecular Hbond substituents is 2. The smallest absolute Gasteiger partial charge is 0.254 e. The molecule has 0 aromatic heterocycles. The molecule has 25 heavy (non-hydrogen) atoms. The third kappa shape index (κ3) is 3.19. The van der Waals surface area contributed by atoms with Gasteiger partial charge in [0.25, 0.3) is 5.79 Å². The normalized spacial score (nSPS) is 18.8. The van der Waals surface area contributed by atoms with Gasteiger partial charge in [-0.3, -0.25) is 4.79 Å². The van der Waals surface area contributed by atoms with Gasteiger partial charge < -0.3 is 20.1 Å². The first-order chi connectivity index (χ1) is 11.8. The van der Waals surface area contributed by atoms with Crippen LogP contribution < -0.4 is 10.2 Å². The molecule has 1 aliphatic rings. The molecule has 0 bridgehead atoms. The number of aliphatic hydroxyl groups is 1. The molecule has 0 saturated carbocycles. The fraction of sp³-hybridized carbons (Fsp3) is 0.118. The highest BCUT2D eigenvalue weighted by Crippen LogP contribution is 2.49. The summed E-state index contributed by atoms with van der Waals surface area (Å²) >= 11 is 3.32. The fourth-order valence-corrected chi connectivity index (χ4v) is 2.77. The zero-order valence-corrected chi connectivity index (χ0v) is 14.6. The van der Waals surface area contributed by atoms with E-state index in [4.69, 9.17) is 9.57 Å². The molecule has 4 N–H and O–H groups in total. The number of carbonyl (C=O) groups excluding carboxylic acids is 1. The zero-order chi connectivity index (χ0) is 18.2. The van der Waals surface area contributed by atoms with Gasteiger partial charge in [0.15, 0.2) is 0 Å². The van der Waals surface area contributed by atoms with E-state index in [0.29, 0.717) is 5.56 Å². The zero-order valence-electron chi connectivity index (χ0n) is 13.0. The molecule has 1 unspecified atom stereocenters. The lowest BCUT2D eigenvalue weighted by molar-refractivity contribution is -0.211. The highest BCUT2D eigenvalue weighted by Gasteiger charge is 2.45. The van der Waals surface area contributed by atoms with Crippen LogP contribution in [0.15, 0.2) is 47.1 Å². The molecular weight excluding hydrogens is 394 g/mol. The number of rotatable bonds is 3. The first-order valence-corrected chi connectivity index (χ1v) is 7.97. The number of benzene rings is 2. The summed E-state index contributed by atoms with van der Waals surface area (Å²) in [6, 6.07) is 9.15. The molecule has 0 radical (unpaired) electrons. The van der Waals surface area contributed by atoms with E-state index in [1.807, 2.05) is 0 Å². The van der Waals surface area contributed by atoms with Crippen LogP contribution in [-0.4, -0.2) is 21.2 Å². The van der Waals surface area contributed by atoms with E-state index in [1.165, 1.54) is 19.3 Å². The second-order valence-electron chi connectivity index (χ2n) is 5.40. The fourth-order valence-electron chi connectivity index (χ4n) is 2.50. The number of fused-ring (bicyclic) bond motifs is 1. The van der Waals surface area contributed by atoms with Crippen LogP contribution in [0.5, 0.6) is 17.2 Å². The molecule has 8 heteroatoms. The molecule has 130 valence electrons. The van der Waals surface area contributed by atoms with Crippen molar-refractivity contribution in [3.8, 4) is 17.2 Å². The number of carbonyl (C=O) groups is 1. The van der Waals surface area contributed by atoms with Gasteiger partial charge in [-0.15, -0.1) is 0 Å². The van der Waals surface area contributed by atoms with E-state index in [2.05, 4.69) is 21.4 Å². The average Bonchev–Trinajstić information content (AvgIpc) is 2.54.